The van der Waals surface area contributed by atoms with Crippen molar-refractivity contribution >= 4 is 21.4 Å². The van der Waals surface area contributed by atoms with Gasteiger partial charge in [-0.15, -0.1) is 0 Å². The molecule has 1 aliphatic rings. The van der Waals surface area contributed by atoms with E-state index < -0.39 is 10.0 Å². The van der Waals surface area contributed by atoms with Gasteiger partial charge in [0.2, 0.25) is 10.0 Å². The monoisotopic (exact) mass is 299 g/mol. The third-order valence-electron chi connectivity index (χ3n) is 3.67. The molecule has 0 aromatic heterocycles. The highest BCUT2D eigenvalue weighted by Gasteiger charge is 2.25. The summed E-state index contributed by atoms with van der Waals surface area (Å²) in [4.78, 5) is 2.27. The number of aliphatic hydroxyl groups is 1. The Morgan fingerprint density at radius 3 is 2.70 bits per heavy atom. The molecule has 1 unspecified atom stereocenters. The molecule has 1 aliphatic heterocycles. The molecule has 3 N–H and O–H groups in total. The Kier molecular flexibility index (Phi) is 4.22. The molecule has 20 heavy (non-hydrogen) atoms. The van der Waals surface area contributed by atoms with Crippen LogP contribution in [0.1, 0.15) is 6.42 Å². The third kappa shape index (κ3) is 2.74. The molecule has 1 atom stereocenters. The van der Waals surface area contributed by atoms with E-state index >= 15 is 0 Å². The molecule has 2 rings (SSSR count). The fourth-order valence-electron chi connectivity index (χ4n) is 2.37. The number of benzene rings is 1. The number of nitrogen functional groups attached to an aromatic ring is 1. The molecule has 1 aromatic rings. The fourth-order valence-corrected chi connectivity index (χ4v) is 3.29. The highest BCUT2D eigenvalue weighted by molar-refractivity contribution is 7.89. The Labute approximate surface area is 119 Å². The van der Waals surface area contributed by atoms with Crippen molar-refractivity contribution in [1.82, 2.24) is 4.31 Å². The first kappa shape index (κ1) is 15.1. The lowest BCUT2D eigenvalue weighted by Crippen LogP contribution is -2.24. The Morgan fingerprint density at radius 2 is 2.15 bits per heavy atom. The van der Waals surface area contributed by atoms with Crippen LogP contribution >= 0.6 is 0 Å². The van der Waals surface area contributed by atoms with Gasteiger partial charge in [0.15, 0.2) is 0 Å². The van der Waals surface area contributed by atoms with Crippen LogP contribution in [0, 0.1) is 5.92 Å². The Balaban J connectivity index is 2.36. The number of nitrogens with zero attached hydrogens (tertiary/aromatic N) is 2. The zero-order valence-corrected chi connectivity index (χ0v) is 12.6. The lowest BCUT2D eigenvalue weighted by Gasteiger charge is -2.22. The summed E-state index contributed by atoms with van der Waals surface area (Å²) in [5, 5.41) is 9.20. The number of sulfonamides is 1. The molecule has 0 amide bonds. The smallest absolute Gasteiger partial charge is 0.242 e. The summed E-state index contributed by atoms with van der Waals surface area (Å²) in [6.45, 7) is 1.62. The van der Waals surface area contributed by atoms with Crippen LogP contribution in [0.25, 0.3) is 0 Å². The van der Waals surface area contributed by atoms with E-state index in [1.54, 1.807) is 12.1 Å². The Bertz CT molecular complexity index is 587. The molecule has 112 valence electrons. The SMILES string of the molecule is CN(C)S(=O)(=O)c1ccc(N)c(N2CCC(CO)C2)c1. The normalized spacial score (nSPS) is 19.8. The van der Waals surface area contributed by atoms with Crippen molar-refractivity contribution < 1.29 is 13.5 Å². The highest BCUT2D eigenvalue weighted by atomic mass is 32.2. The lowest BCUT2D eigenvalue weighted by atomic mass is 10.1. The van der Waals surface area contributed by atoms with Crippen molar-refractivity contribution in [2.45, 2.75) is 11.3 Å². The van der Waals surface area contributed by atoms with Crippen molar-refractivity contribution in [1.29, 1.82) is 0 Å². The lowest BCUT2D eigenvalue weighted by molar-refractivity contribution is 0.238. The second-order valence-corrected chi connectivity index (χ2v) is 7.44. The molecular formula is C13H21N3O3S. The van der Waals surface area contributed by atoms with Crippen molar-refractivity contribution in [3.63, 3.8) is 0 Å². The maximum atomic E-state index is 12.2. The van der Waals surface area contributed by atoms with Crippen molar-refractivity contribution in [2.75, 3.05) is 44.4 Å². The van der Waals surface area contributed by atoms with Crippen LogP contribution in [-0.4, -0.2) is 51.6 Å². The predicted molar refractivity (Wildman–Crippen MR) is 79.1 cm³/mol. The number of aliphatic hydroxyl groups excluding tert-OH is 1. The first-order valence-corrected chi connectivity index (χ1v) is 7.98. The molecule has 0 bridgehead atoms. The van der Waals surface area contributed by atoms with Crippen LogP contribution in [0.5, 0.6) is 0 Å². The first-order chi connectivity index (χ1) is 9.36. The minimum atomic E-state index is -3.46. The average molecular weight is 299 g/mol. The van der Waals surface area contributed by atoms with Crippen LogP contribution in [0.15, 0.2) is 23.1 Å². The molecule has 0 spiro atoms. The standard InChI is InChI=1S/C13H21N3O3S/c1-15(2)20(18,19)11-3-4-12(14)13(7-11)16-6-5-10(8-16)9-17/h3-4,7,10,17H,5-6,8-9,14H2,1-2H3. The van der Waals surface area contributed by atoms with Crippen molar-refractivity contribution in [3.05, 3.63) is 18.2 Å². The number of anilines is 2. The third-order valence-corrected chi connectivity index (χ3v) is 5.48. The second kappa shape index (κ2) is 5.59. The minimum absolute atomic E-state index is 0.145. The molecular weight excluding hydrogens is 278 g/mol. The van der Waals surface area contributed by atoms with Crippen LogP contribution in [-0.2, 0) is 10.0 Å². The van der Waals surface area contributed by atoms with Gasteiger partial charge < -0.3 is 15.7 Å². The second-order valence-electron chi connectivity index (χ2n) is 5.29. The van der Waals surface area contributed by atoms with Gasteiger partial charge in [0.05, 0.1) is 16.3 Å². The molecule has 6 nitrogen and oxygen atoms in total. The van der Waals surface area contributed by atoms with E-state index in [0.717, 1.165) is 18.7 Å². The van der Waals surface area contributed by atoms with E-state index in [9.17, 15) is 13.5 Å². The topological polar surface area (TPSA) is 86.9 Å². The maximum Gasteiger partial charge on any atom is 0.242 e. The van der Waals surface area contributed by atoms with Gasteiger partial charge in [-0.25, -0.2) is 12.7 Å². The van der Waals surface area contributed by atoms with E-state index in [1.165, 1.54) is 24.5 Å². The highest BCUT2D eigenvalue weighted by Crippen LogP contribution is 2.31. The van der Waals surface area contributed by atoms with E-state index in [0.29, 0.717) is 12.2 Å². The largest absolute Gasteiger partial charge is 0.397 e. The van der Waals surface area contributed by atoms with Gasteiger partial charge in [-0.2, -0.15) is 0 Å². The summed E-state index contributed by atoms with van der Waals surface area (Å²) in [6.07, 6.45) is 0.889. The first-order valence-electron chi connectivity index (χ1n) is 6.54. The Morgan fingerprint density at radius 1 is 1.45 bits per heavy atom. The van der Waals surface area contributed by atoms with E-state index in [4.69, 9.17) is 5.73 Å². The molecule has 1 heterocycles. The quantitative estimate of drug-likeness (QED) is 0.783. The molecule has 0 radical (unpaired) electrons. The van der Waals surface area contributed by atoms with Crippen LogP contribution < -0.4 is 10.6 Å². The van der Waals surface area contributed by atoms with Gasteiger partial charge >= 0.3 is 0 Å². The molecule has 1 aromatic carbocycles. The summed E-state index contributed by atoms with van der Waals surface area (Å²) >= 11 is 0. The molecule has 0 saturated carbocycles. The fraction of sp³-hybridized carbons (Fsp3) is 0.538. The van der Waals surface area contributed by atoms with Gasteiger partial charge in [0, 0.05) is 39.7 Å². The zero-order valence-electron chi connectivity index (χ0n) is 11.8. The van der Waals surface area contributed by atoms with E-state index in [2.05, 4.69) is 0 Å². The van der Waals surface area contributed by atoms with Crippen LogP contribution in [0.2, 0.25) is 0 Å². The minimum Gasteiger partial charge on any atom is -0.397 e. The summed E-state index contributed by atoms with van der Waals surface area (Å²) in [5.74, 6) is 0.225. The Hall–Kier alpha value is -1.31. The number of hydrogen-bond donors (Lipinski definition) is 2. The molecule has 7 heteroatoms. The van der Waals surface area contributed by atoms with Crippen molar-refractivity contribution in [2.24, 2.45) is 5.92 Å². The molecule has 1 saturated heterocycles. The van der Waals surface area contributed by atoms with Crippen LogP contribution in [0.3, 0.4) is 0 Å². The summed E-state index contributed by atoms with van der Waals surface area (Å²) in [7, 11) is -0.457. The summed E-state index contributed by atoms with van der Waals surface area (Å²) in [6, 6.07) is 4.76. The predicted octanol–water partition coefficient (Wildman–Crippen LogP) is 0.338. The number of rotatable bonds is 4. The average Bonchev–Trinajstić information content (AvgIpc) is 2.87. The zero-order chi connectivity index (χ0) is 14.9. The van der Waals surface area contributed by atoms with Gasteiger partial charge in [-0.3, -0.25) is 0 Å². The van der Waals surface area contributed by atoms with E-state index in [-0.39, 0.29) is 17.4 Å². The number of hydrogen-bond acceptors (Lipinski definition) is 5. The van der Waals surface area contributed by atoms with Gasteiger partial charge in [-0.05, 0) is 24.6 Å². The molecule has 0 aliphatic carbocycles. The van der Waals surface area contributed by atoms with Gasteiger partial charge in [0.1, 0.15) is 0 Å². The maximum absolute atomic E-state index is 12.2. The van der Waals surface area contributed by atoms with Gasteiger partial charge in [0.25, 0.3) is 0 Å². The van der Waals surface area contributed by atoms with E-state index in [1.807, 2.05) is 4.90 Å². The van der Waals surface area contributed by atoms with Gasteiger partial charge in [-0.1, -0.05) is 0 Å². The molecule has 1 fully saturated rings. The number of nitrogens with two attached hydrogens (primary N) is 1. The summed E-state index contributed by atoms with van der Waals surface area (Å²) < 4.78 is 25.5. The summed E-state index contributed by atoms with van der Waals surface area (Å²) in [5.41, 5.74) is 7.25. The van der Waals surface area contributed by atoms with Crippen molar-refractivity contribution in [3.8, 4) is 0 Å². The van der Waals surface area contributed by atoms with Crippen LogP contribution in [0.4, 0.5) is 11.4 Å².